The minimum absolute atomic E-state index is 0.0146. The third-order valence-corrected chi connectivity index (χ3v) is 4.71. The molecule has 1 nitrogen and oxygen atoms in total. The first-order valence-electron chi connectivity index (χ1n) is 8.93. The second-order valence-electron chi connectivity index (χ2n) is 6.71. The normalized spacial score (nSPS) is 13.9. The summed E-state index contributed by atoms with van der Waals surface area (Å²) in [5, 5.41) is 0. The van der Waals surface area contributed by atoms with E-state index in [0.717, 1.165) is 18.9 Å². The molecule has 0 saturated carbocycles. The Bertz CT molecular complexity index is 891. The second kappa shape index (κ2) is 7.89. The highest BCUT2D eigenvalue weighted by Crippen LogP contribution is 2.36. The predicted molar refractivity (Wildman–Crippen MR) is 93.4 cm³/mol. The Morgan fingerprint density at radius 2 is 1.71 bits per heavy atom. The van der Waals surface area contributed by atoms with Crippen molar-refractivity contribution in [2.24, 2.45) is 0 Å². The van der Waals surface area contributed by atoms with Crippen molar-refractivity contribution in [1.29, 1.82) is 0 Å². The van der Waals surface area contributed by atoms with Crippen molar-refractivity contribution in [3.8, 4) is 5.75 Å². The number of hydrogen-bond donors (Lipinski definition) is 0. The zero-order valence-corrected chi connectivity index (χ0v) is 15.1. The van der Waals surface area contributed by atoms with Gasteiger partial charge in [-0.05, 0) is 66.1 Å². The van der Waals surface area contributed by atoms with E-state index in [-0.39, 0.29) is 24.0 Å². The number of rotatable bonds is 5. The number of allylic oxidation sites excluding steroid dienone is 2. The van der Waals surface area contributed by atoms with Crippen LogP contribution in [0.25, 0.3) is 5.57 Å². The summed E-state index contributed by atoms with van der Waals surface area (Å²) < 4.78 is 84.1. The van der Waals surface area contributed by atoms with E-state index in [4.69, 9.17) is 0 Å². The quantitative estimate of drug-likeness (QED) is 0.519. The Morgan fingerprint density at radius 3 is 2.32 bits per heavy atom. The molecule has 2 aromatic carbocycles. The highest BCUT2D eigenvalue weighted by Gasteiger charge is 2.33. The van der Waals surface area contributed by atoms with Gasteiger partial charge in [-0.2, -0.15) is 0 Å². The molecular weight excluding hydrogens is 382 g/mol. The van der Waals surface area contributed by atoms with Crippen molar-refractivity contribution in [3.63, 3.8) is 0 Å². The van der Waals surface area contributed by atoms with Gasteiger partial charge in [0.2, 0.25) is 0 Å². The molecule has 0 radical (unpaired) electrons. The zero-order chi connectivity index (χ0) is 20.5. The molecule has 0 saturated heterocycles. The third-order valence-electron chi connectivity index (χ3n) is 4.71. The molecule has 0 N–H and O–H groups in total. The molecule has 150 valence electrons. The number of aryl methyl sites for hydroxylation is 1. The average Bonchev–Trinajstić information content (AvgIpc) is 2.61. The van der Waals surface area contributed by atoms with E-state index in [1.54, 1.807) is 0 Å². The monoisotopic (exact) mass is 400 g/mol. The number of hydrogen-bond acceptors (Lipinski definition) is 1. The molecule has 2 aromatic rings. The molecule has 0 spiro atoms. The number of fused-ring (bicyclic) bond motifs is 1. The van der Waals surface area contributed by atoms with Crippen molar-refractivity contribution < 1.29 is 31.1 Å². The second-order valence-corrected chi connectivity index (χ2v) is 6.71. The van der Waals surface area contributed by atoms with Crippen LogP contribution in [0.1, 0.15) is 42.0 Å². The smallest absolute Gasteiger partial charge is 0.403 e. The van der Waals surface area contributed by atoms with Crippen LogP contribution in [0.5, 0.6) is 5.75 Å². The van der Waals surface area contributed by atoms with Crippen LogP contribution in [-0.2, 0) is 19.3 Å². The number of ether oxygens (including phenoxy) is 1. The van der Waals surface area contributed by atoms with Crippen molar-refractivity contribution in [2.75, 3.05) is 0 Å². The van der Waals surface area contributed by atoms with E-state index in [1.165, 1.54) is 24.3 Å². The van der Waals surface area contributed by atoms with Crippen molar-refractivity contribution in [3.05, 3.63) is 70.0 Å². The van der Waals surface area contributed by atoms with Gasteiger partial charge in [0.1, 0.15) is 11.6 Å². The molecule has 1 aliphatic rings. The fourth-order valence-corrected chi connectivity index (χ4v) is 3.38. The largest absolute Gasteiger partial charge is 0.573 e. The number of benzene rings is 2. The van der Waals surface area contributed by atoms with Crippen LogP contribution in [0.15, 0.2) is 30.3 Å². The molecule has 28 heavy (non-hydrogen) atoms. The summed E-state index contributed by atoms with van der Waals surface area (Å²) in [5.41, 5.74) is 1.14. The van der Waals surface area contributed by atoms with Crippen molar-refractivity contribution >= 4 is 5.57 Å². The predicted octanol–water partition coefficient (Wildman–Crippen LogP) is 6.53. The van der Waals surface area contributed by atoms with E-state index in [2.05, 4.69) is 4.74 Å². The maximum Gasteiger partial charge on any atom is 0.573 e. The summed E-state index contributed by atoms with van der Waals surface area (Å²) in [6, 6.07) is 4.76. The minimum atomic E-state index is -5.00. The van der Waals surface area contributed by atoms with Gasteiger partial charge in [-0.25, -0.2) is 13.2 Å². The zero-order valence-electron chi connectivity index (χ0n) is 15.1. The Balaban J connectivity index is 1.89. The summed E-state index contributed by atoms with van der Waals surface area (Å²) in [4.78, 5) is 0. The number of alkyl halides is 3. The Hall–Kier alpha value is -2.44. The minimum Gasteiger partial charge on any atom is -0.403 e. The van der Waals surface area contributed by atoms with Crippen LogP contribution >= 0.6 is 0 Å². The van der Waals surface area contributed by atoms with Crippen LogP contribution in [0.3, 0.4) is 0 Å². The van der Waals surface area contributed by atoms with Gasteiger partial charge in [-0.15, -0.1) is 13.2 Å². The topological polar surface area (TPSA) is 9.23 Å². The Morgan fingerprint density at radius 1 is 1.04 bits per heavy atom. The van der Waals surface area contributed by atoms with Gasteiger partial charge < -0.3 is 4.74 Å². The summed E-state index contributed by atoms with van der Waals surface area (Å²) in [5.74, 6) is -3.42. The Labute approximate surface area is 158 Å². The van der Waals surface area contributed by atoms with E-state index < -0.39 is 29.6 Å². The van der Waals surface area contributed by atoms with Crippen LogP contribution in [0.2, 0.25) is 0 Å². The molecule has 7 heteroatoms. The van der Waals surface area contributed by atoms with Crippen molar-refractivity contribution in [2.45, 2.75) is 45.4 Å². The van der Waals surface area contributed by atoms with Gasteiger partial charge in [-0.1, -0.05) is 25.5 Å². The lowest BCUT2D eigenvalue weighted by Gasteiger charge is -2.21. The van der Waals surface area contributed by atoms with Crippen LogP contribution in [0.4, 0.5) is 26.3 Å². The van der Waals surface area contributed by atoms with Crippen LogP contribution in [0, 0.1) is 17.5 Å². The van der Waals surface area contributed by atoms with Crippen LogP contribution < -0.4 is 4.74 Å². The highest BCUT2D eigenvalue weighted by atomic mass is 19.4. The van der Waals surface area contributed by atoms with Crippen molar-refractivity contribution in [1.82, 2.24) is 0 Å². The standard InChI is InChI=1S/C21H18F6O/c1-2-3-4-12-9-16(22)19(17(23)10-12)14-5-7-15-13(11-14)6-8-18(20(15)24)28-21(25,26)27/h5-6,8-10H,2-4,7,11H2,1H3. The van der Waals surface area contributed by atoms with E-state index in [0.29, 0.717) is 23.1 Å². The van der Waals surface area contributed by atoms with Gasteiger partial charge >= 0.3 is 6.36 Å². The summed E-state index contributed by atoms with van der Waals surface area (Å²) >= 11 is 0. The molecular formula is C21H18F6O. The number of unbranched alkanes of at least 4 members (excludes halogenated alkanes) is 1. The van der Waals surface area contributed by atoms with E-state index in [1.807, 2.05) is 6.92 Å². The van der Waals surface area contributed by atoms with E-state index in [9.17, 15) is 26.3 Å². The Kier molecular flexibility index (Phi) is 5.72. The SMILES string of the molecule is CCCCc1cc(F)c(C2=CCc3c(ccc(OC(F)(F)F)c3F)C2)c(F)c1. The van der Waals surface area contributed by atoms with Gasteiger partial charge in [0, 0.05) is 5.56 Å². The molecule has 3 rings (SSSR count). The summed E-state index contributed by atoms with van der Waals surface area (Å²) in [7, 11) is 0. The average molecular weight is 400 g/mol. The maximum absolute atomic E-state index is 14.5. The summed E-state index contributed by atoms with van der Waals surface area (Å²) in [6.45, 7) is 1.98. The first-order valence-corrected chi connectivity index (χ1v) is 8.93. The molecule has 0 heterocycles. The fraction of sp³-hybridized carbons (Fsp3) is 0.333. The molecule has 1 aliphatic carbocycles. The third kappa shape index (κ3) is 4.34. The lowest BCUT2D eigenvalue weighted by atomic mass is 9.86. The highest BCUT2D eigenvalue weighted by molar-refractivity contribution is 5.72. The molecule has 0 amide bonds. The first kappa shape index (κ1) is 20.3. The van der Waals surface area contributed by atoms with Gasteiger partial charge in [0.05, 0.1) is 0 Å². The number of halogens is 6. The molecule has 0 aromatic heterocycles. The maximum atomic E-state index is 14.5. The molecule has 0 atom stereocenters. The lowest BCUT2D eigenvalue weighted by molar-refractivity contribution is -0.275. The van der Waals surface area contributed by atoms with Gasteiger partial charge in [0.25, 0.3) is 0 Å². The summed E-state index contributed by atoms with van der Waals surface area (Å²) in [6.07, 6.45) is -1.34. The van der Waals surface area contributed by atoms with Gasteiger partial charge in [-0.3, -0.25) is 0 Å². The molecule has 0 aliphatic heterocycles. The van der Waals surface area contributed by atoms with Gasteiger partial charge in [0.15, 0.2) is 11.6 Å². The lowest BCUT2D eigenvalue weighted by Crippen LogP contribution is -2.19. The molecule has 0 bridgehead atoms. The van der Waals surface area contributed by atoms with E-state index >= 15 is 0 Å². The molecule has 0 fully saturated rings. The van der Waals surface area contributed by atoms with Crippen LogP contribution in [-0.4, -0.2) is 6.36 Å². The fourth-order valence-electron chi connectivity index (χ4n) is 3.38. The first-order chi connectivity index (χ1) is 13.2. The molecule has 0 unspecified atom stereocenters.